The Morgan fingerprint density at radius 3 is 2.00 bits per heavy atom. The molecule has 0 spiro atoms. The predicted octanol–water partition coefficient (Wildman–Crippen LogP) is 5.40. The fraction of sp³-hybridized carbons (Fsp3) is 0.391. The molecule has 8 heteroatoms. The van der Waals surface area contributed by atoms with Crippen LogP contribution in [0.2, 0.25) is 0 Å². The zero-order valence-electron chi connectivity index (χ0n) is 17.7. The molecule has 0 aliphatic rings. The van der Waals surface area contributed by atoms with Gasteiger partial charge in [-0.05, 0) is 47.4 Å². The van der Waals surface area contributed by atoms with Crippen LogP contribution in [0.1, 0.15) is 31.9 Å². The third kappa shape index (κ3) is 6.49. The summed E-state index contributed by atoms with van der Waals surface area (Å²) in [5.74, 6) is -0.942. The first kappa shape index (κ1) is 24.8. The van der Waals surface area contributed by atoms with Crippen LogP contribution in [0, 0.1) is 17.2 Å². The van der Waals surface area contributed by atoms with Crippen molar-refractivity contribution in [3.63, 3.8) is 0 Å². The molecule has 2 N–H and O–H groups in total. The highest BCUT2D eigenvalue weighted by atomic mass is 32.2. The SMILES string of the molecule is CSc1ccc(-c2ccc([C@H](N(CC#N)[C@@H](CC(C)C)C(N)=O)C(F)(F)F)cc2)cc1. The van der Waals surface area contributed by atoms with Gasteiger partial charge in [-0.25, -0.2) is 0 Å². The molecule has 0 aliphatic carbocycles. The van der Waals surface area contributed by atoms with Gasteiger partial charge in [0, 0.05) is 4.90 Å². The van der Waals surface area contributed by atoms with Crippen molar-refractivity contribution in [1.82, 2.24) is 4.90 Å². The number of hydrogen-bond donors (Lipinski definition) is 1. The minimum atomic E-state index is -4.69. The summed E-state index contributed by atoms with van der Waals surface area (Å²) >= 11 is 1.60. The number of nitrogens with zero attached hydrogens (tertiary/aromatic N) is 2. The van der Waals surface area contributed by atoms with Crippen LogP contribution in [0.25, 0.3) is 11.1 Å². The number of nitrogens with two attached hydrogens (primary N) is 1. The van der Waals surface area contributed by atoms with Gasteiger partial charge in [-0.2, -0.15) is 18.4 Å². The lowest BCUT2D eigenvalue weighted by atomic mass is 9.95. The Hall–Kier alpha value is -2.50. The first-order valence-electron chi connectivity index (χ1n) is 9.81. The number of nitriles is 1. The van der Waals surface area contributed by atoms with Crippen LogP contribution in [0.4, 0.5) is 13.2 Å². The average Bonchev–Trinajstić information content (AvgIpc) is 2.71. The standard InChI is InChI=1S/C23H26F3N3OS/c1-15(2)14-20(22(28)30)29(13-12-27)21(23(24,25)26)18-6-4-16(5-7-18)17-8-10-19(31-3)11-9-17/h4-11,15,20-21H,13-14H2,1-3H3,(H2,28,30)/t20-,21-/m0/s1. The lowest BCUT2D eigenvalue weighted by Crippen LogP contribution is -2.51. The number of hydrogen-bond acceptors (Lipinski definition) is 4. The van der Waals surface area contributed by atoms with Crippen LogP contribution in [0.15, 0.2) is 53.4 Å². The largest absolute Gasteiger partial charge is 0.408 e. The van der Waals surface area contributed by atoms with Crippen molar-refractivity contribution in [3.05, 3.63) is 54.1 Å². The van der Waals surface area contributed by atoms with Crippen LogP contribution in [-0.2, 0) is 4.79 Å². The second kappa shape index (κ2) is 10.7. The van der Waals surface area contributed by atoms with Crippen molar-refractivity contribution in [2.75, 3.05) is 12.8 Å². The summed E-state index contributed by atoms with van der Waals surface area (Å²) in [7, 11) is 0. The summed E-state index contributed by atoms with van der Waals surface area (Å²) in [5.41, 5.74) is 7.06. The Balaban J connectivity index is 2.46. The van der Waals surface area contributed by atoms with E-state index in [1.54, 1.807) is 43.8 Å². The van der Waals surface area contributed by atoms with Gasteiger partial charge in [-0.15, -0.1) is 11.8 Å². The van der Waals surface area contributed by atoms with E-state index in [0.717, 1.165) is 20.9 Å². The molecule has 4 nitrogen and oxygen atoms in total. The maximum atomic E-state index is 14.1. The Labute approximate surface area is 185 Å². The van der Waals surface area contributed by atoms with Crippen LogP contribution in [0.5, 0.6) is 0 Å². The van der Waals surface area contributed by atoms with E-state index < -0.39 is 30.7 Å². The van der Waals surface area contributed by atoms with Crippen LogP contribution in [-0.4, -0.2) is 35.8 Å². The van der Waals surface area contributed by atoms with Crippen molar-refractivity contribution in [3.8, 4) is 17.2 Å². The molecule has 0 heterocycles. The number of primary amides is 1. The predicted molar refractivity (Wildman–Crippen MR) is 117 cm³/mol. The van der Waals surface area contributed by atoms with Crippen molar-refractivity contribution in [2.45, 2.75) is 43.4 Å². The number of rotatable bonds is 9. The Bertz CT molecular complexity index is 906. The van der Waals surface area contributed by atoms with Gasteiger partial charge in [0.2, 0.25) is 5.91 Å². The topological polar surface area (TPSA) is 70.1 Å². The summed E-state index contributed by atoms with van der Waals surface area (Å²) in [6.45, 7) is 3.02. The molecule has 0 saturated heterocycles. The zero-order valence-corrected chi connectivity index (χ0v) is 18.5. The molecule has 2 rings (SSSR count). The smallest absolute Gasteiger partial charge is 0.368 e. The van der Waals surface area contributed by atoms with Crippen molar-refractivity contribution in [1.29, 1.82) is 5.26 Å². The monoisotopic (exact) mass is 449 g/mol. The summed E-state index contributed by atoms with van der Waals surface area (Å²) in [6.07, 6.45) is -2.60. The fourth-order valence-electron chi connectivity index (χ4n) is 3.53. The summed E-state index contributed by atoms with van der Waals surface area (Å²) < 4.78 is 42.4. The third-order valence-electron chi connectivity index (χ3n) is 4.97. The van der Waals surface area contributed by atoms with E-state index in [4.69, 9.17) is 5.73 Å². The summed E-state index contributed by atoms with van der Waals surface area (Å²) in [4.78, 5) is 14.0. The number of carbonyl (C=O) groups excluding carboxylic acids is 1. The molecule has 0 bridgehead atoms. The molecule has 31 heavy (non-hydrogen) atoms. The van der Waals surface area contributed by atoms with Gasteiger partial charge in [0.25, 0.3) is 0 Å². The Kier molecular flexibility index (Phi) is 8.54. The van der Waals surface area contributed by atoms with Crippen LogP contribution >= 0.6 is 11.8 Å². The lowest BCUT2D eigenvalue weighted by Gasteiger charge is -2.37. The molecule has 2 atom stereocenters. The van der Waals surface area contributed by atoms with Crippen molar-refractivity contribution >= 4 is 17.7 Å². The molecule has 0 unspecified atom stereocenters. The van der Waals surface area contributed by atoms with Gasteiger partial charge in [-0.3, -0.25) is 9.69 Å². The van der Waals surface area contributed by atoms with Crippen LogP contribution in [0.3, 0.4) is 0 Å². The van der Waals surface area contributed by atoms with E-state index >= 15 is 0 Å². The van der Waals surface area contributed by atoms with Gasteiger partial charge < -0.3 is 5.73 Å². The number of carbonyl (C=O) groups is 1. The number of amides is 1. The normalized spacial score (nSPS) is 13.8. The Morgan fingerprint density at radius 2 is 1.61 bits per heavy atom. The average molecular weight is 450 g/mol. The minimum absolute atomic E-state index is 0.0396. The van der Waals surface area contributed by atoms with Crippen molar-refractivity contribution in [2.24, 2.45) is 11.7 Å². The number of halogens is 3. The van der Waals surface area contributed by atoms with E-state index in [1.807, 2.05) is 30.5 Å². The highest BCUT2D eigenvalue weighted by molar-refractivity contribution is 7.98. The quantitative estimate of drug-likeness (QED) is 0.411. The molecule has 2 aromatic carbocycles. The van der Waals surface area contributed by atoms with E-state index in [0.29, 0.717) is 0 Å². The fourth-order valence-corrected chi connectivity index (χ4v) is 3.94. The molecular weight excluding hydrogens is 423 g/mol. The van der Waals surface area contributed by atoms with E-state index in [1.165, 1.54) is 12.1 Å². The molecule has 166 valence electrons. The van der Waals surface area contributed by atoms with E-state index in [2.05, 4.69) is 0 Å². The first-order chi connectivity index (χ1) is 14.6. The number of alkyl halides is 3. The van der Waals surface area contributed by atoms with Gasteiger partial charge in [0.1, 0.15) is 6.04 Å². The molecular formula is C23H26F3N3OS. The summed E-state index contributed by atoms with van der Waals surface area (Å²) in [6, 6.07) is 12.2. The van der Waals surface area contributed by atoms with E-state index in [-0.39, 0.29) is 17.9 Å². The zero-order chi connectivity index (χ0) is 23.2. The Morgan fingerprint density at radius 1 is 1.10 bits per heavy atom. The van der Waals surface area contributed by atoms with Gasteiger partial charge in [0.05, 0.1) is 18.7 Å². The van der Waals surface area contributed by atoms with Crippen molar-refractivity contribution < 1.29 is 18.0 Å². The van der Waals surface area contributed by atoms with Gasteiger partial charge in [-0.1, -0.05) is 50.2 Å². The maximum absolute atomic E-state index is 14.1. The molecule has 0 aromatic heterocycles. The molecule has 1 amide bonds. The van der Waals surface area contributed by atoms with E-state index in [9.17, 15) is 23.2 Å². The second-order valence-electron chi connectivity index (χ2n) is 7.67. The molecule has 0 fully saturated rings. The molecule has 2 aromatic rings. The van der Waals surface area contributed by atoms with Crippen LogP contribution < -0.4 is 5.73 Å². The first-order valence-corrected chi connectivity index (χ1v) is 11.0. The molecule has 0 saturated carbocycles. The summed E-state index contributed by atoms with van der Waals surface area (Å²) in [5, 5.41) is 9.19. The number of thioether (sulfide) groups is 1. The third-order valence-corrected chi connectivity index (χ3v) is 5.71. The maximum Gasteiger partial charge on any atom is 0.408 e. The lowest BCUT2D eigenvalue weighted by molar-refractivity contribution is -0.192. The number of benzene rings is 2. The minimum Gasteiger partial charge on any atom is -0.368 e. The van der Waals surface area contributed by atoms with Gasteiger partial charge in [0.15, 0.2) is 0 Å². The van der Waals surface area contributed by atoms with Gasteiger partial charge >= 0.3 is 6.18 Å². The second-order valence-corrected chi connectivity index (χ2v) is 8.55. The molecule has 0 radical (unpaired) electrons. The highest BCUT2D eigenvalue weighted by Crippen LogP contribution is 2.40. The highest BCUT2D eigenvalue weighted by Gasteiger charge is 2.47. The molecule has 0 aliphatic heterocycles.